The van der Waals surface area contributed by atoms with Crippen LogP contribution in [0.1, 0.15) is 6.42 Å². The molecular formula is C14H15BrN4O2. The molecule has 3 rings (SSSR count). The lowest BCUT2D eigenvalue weighted by Gasteiger charge is -2.23. The number of pyridine rings is 1. The van der Waals surface area contributed by atoms with Gasteiger partial charge in [0.15, 0.2) is 0 Å². The molecule has 2 heterocycles. The fraction of sp³-hybridized carbons (Fsp3) is 0.357. The largest absolute Gasteiger partial charge is 0.364 e. The summed E-state index contributed by atoms with van der Waals surface area (Å²) in [7, 11) is 0. The Kier molecular flexibility index (Phi) is 4.03. The number of hydrogen-bond donors (Lipinski definition) is 1. The summed E-state index contributed by atoms with van der Waals surface area (Å²) < 4.78 is 0.895. The first-order valence-corrected chi connectivity index (χ1v) is 7.64. The molecule has 2 aromatic rings. The first-order valence-electron chi connectivity index (χ1n) is 6.85. The Hall–Kier alpha value is -1.73. The van der Waals surface area contributed by atoms with Crippen molar-refractivity contribution >= 4 is 38.2 Å². The van der Waals surface area contributed by atoms with Crippen molar-refractivity contribution in [3.05, 3.63) is 39.0 Å². The van der Waals surface area contributed by atoms with Crippen LogP contribution in [0.4, 0.5) is 11.4 Å². The predicted octanol–water partition coefficient (Wildman–Crippen LogP) is 2.71. The van der Waals surface area contributed by atoms with Crippen LogP contribution in [-0.2, 0) is 0 Å². The molecule has 0 spiro atoms. The van der Waals surface area contributed by atoms with E-state index in [4.69, 9.17) is 0 Å². The van der Waals surface area contributed by atoms with Gasteiger partial charge in [-0.1, -0.05) is 15.9 Å². The molecule has 110 valence electrons. The van der Waals surface area contributed by atoms with E-state index < -0.39 is 0 Å². The van der Waals surface area contributed by atoms with Crippen molar-refractivity contribution in [2.45, 2.75) is 6.42 Å². The van der Waals surface area contributed by atoms with Crippen molar-refractivity contribution in [3.8, 4) is 0 Å². The van der Waals surface area contributed by atoms with E-state index in [1.54, 1.807) is 0 Å². The summed E-state index contributed by atoms with van der Waals surface area (Å²) in [5.74, 6) is 0. The van der Waals surface area contributed by atoms with E-state index in [2.05, 4.69) is 31.1 Å². The van der Waals surface area contributed by atoms with E-state index in [0.717, 1.165) is 48.0 Å². The zero-order chi connectivity index (χ0) is 14.8. The maximum absolute atomic E-state index is 11.4. The van der Waals surface area contributed by atoms with Gasteiger partial charge in [-0.3, -0.25) is 10.1 Å². The van der Waals surface area contributed by atoms with Gasteiger partial charge in [0.05, 0.1) is 10.4 Å². The van der Waals surface area contributed by atoms with E-state index in [1.807, 2.05) is 18.2 Å². The van der Waals surface area contributed by atoms with Crippen molar-refractivity contribution in [3.63, 3.8) is 0 Å². The maximum atomic E-state index is 11.4. The molecule has 0 saturated carbocycles. The van der Waals surface area contributed by atoms with Gasteiger partial charge in [0.1, 0.15) is 11.9 Å². The summed E-state index contributed by atoms with van der Waals surface area (Å²) in [6.45, 7) is 3.33. The summed E-state index contributed by atoms with van der Waals surface area (Å²) in [5.41, 5.74) is 1.52. The first kappa shape index (κ1) is 14.2. The van der Waals surface area contributed by atoms with Gasteiger partial charge in [0.25, 0.3) is 0 Å². The smallest absolute Gasteiger partial charge is 0.311 e. The fourth-order valence-electron chi connectivity index (χ4n) is 2.68. The second-order valence-corrected chi connectivity index (χ2v) is 5.92. The number of hydrogen-bond acceptors (Lipinski definition) is 5. The van der Waals surface area contributed by atoms with Crippen molar-refractivity contribution < 1.29 is 4.92 Å². The third-order valence-corrected chi connectivity index (χ3v) is 4.13. The minimum atomic E-state index is -0.346. The van der Waals surface area contributed by atoms with Crippen LogP contribution in [0.3, 0.4) is 0 Å². The van der Waals surface area contributed by atoms with Crippen LogP contribution >= 0.6 is 15.9 Å². The van der Waals surface area contributed by atoms with Crippen molar-refractivity contribution in [2.24, 2.45) is 0 Å². The lowest BCUT2D eigenvalue weighted by Crippen LogP contribution is -2.28. The van der Waals surface area contributed by atoms with Crippen LogP contribution in [0, 0.1) is 10.1 Å². The van der Waals surface area contributed by atoms with Gasteiger partial charge in [-0.15, -0.1) is 0 Å². The molecule has 0 atom stereocenters. The monoisotopic (exact) mass is 350 g/mol. The quantitative estimate of drug-likeness (QED) is 0.665. The molecule has 1 N–H and O–H groups in total. The Labute approximate surface area is 130 Å². The molecule has 21 heavy (non-hydrogen) atoms. The minimum Gasteiger partial charge on any atom is -0.364 e. The van der Waals surface area contributed by atoms with Crippen molar-refractivity contribution in [1.82, 2.24) is 10.3 Å². The van der Waals surface area contributed by atoms with Crippen LogP contribution in [-0.4, -0.2) is 36.1 Å². The predicted molar refractivity (Wildman–Crippen MR) is 85.8 cm³/mol. The molecule has 1 saturated heterocycles. The van der Waals surface area contributed by atoms with E-state index >= 15 is 0 Å². The highest BCUT2D eigenvalue weighted by Crippen LogP contribution is 2.36. The summed E-state index contributed by atoms with van der Waals surface area (Å²) in [4.78, 5) is 17.4. The van der Waals surface area contributed by atoms with Crippen LogP contribution in [0.25, 0.3) is 10.9 Å². The lowest BCUT2D eigenvalue weighted by molar-refractivity contribution is -0.384. The maximum Gasteiger partial charge on any atom is 0.311 e. The molecule has 1 aliphatic heterocycles. The summed E-state index contributed by atoms with van der Waals surface area (Å²) in [6, 6.07) is 5.68. The molecule has 0 aliphatic carbocycles. The van der Waals surface area contributed by atoms with Gasteiger partial charge < -0.3 is 10.2 Å². The number of rotatable bonds is 2. The number of nitro groups is 1. The molecule has 1 aromatic heterocycles. The average molecular weight is 351 g/mol. The summed E-state index contributed by atoms with van der Waals surface area (Å²) in [5, 5.41) is 15.5. The Morgan fingerprint density at radius 1 is 1.33 bits per heavy atom. The molecule has 0 bridgehead atoms. The normalized spacial score (nSPS) is 16.0. The summed E-state index contributed by atoms with van der Waals surface area (Å²) in [6.07, 6.45) is 2.33. The Morgan fingerprint density at radius 3 is 3.00 bits per heavy atom. The lowest BCUT2D eigenvalue weighted by atomic mass is 10.1. The van der Waals surface area contributed by atoms with Crippen molar-refractivity contribution in [1.29, 1.82) is 0 Å². The van der Waals surface area contributed by atoms with Gasteiger partial charge in [0, 0.05) is 29.5 Å². The number of nitrogens with zero attached hydrogens (tertiary/aromatic N) is 3. The number of halogens is 1. The topological polar surface area (TPSA) is 71.3 Å². The van der Waals surface area contributed by atoms with Gasteiger partial charge in [-0.2, -0.15) is 0 Å². The van der Waals surface area contributed by atoms with Crippen LogP contribution in [0.15, 0.2) is 28.9 Å². The molecule has 1 aromatic carbocycles. The highest BCUT2D eigenvalue weighted by Gasteiger charge is 2.24. The second-order valence-electron chi connectivity index (χ2n) is 5.00. The first-order chi connectivity index (χ1) is 10.2. The van der Waals surface area contributed by atoms with Crippen LogP contribution in [0.2, 0.25) is 0 Å². The highest BCUT2D eigenvalue weighted by atomic mass is 79.9. The SMILES string of the molecule is O=[N+]([O-])c1cnc2ccc(Br)cc2c1N1CCCNCC1. The molecule has 0 unspecified atom stereocenters. The Balaban J connectivity index is 2.21. The van der Waals surface area contributed by atoms with E-state index in [9.17, 15) is 10.1 Å². The Bertz CT molecular complexity index is 684. The number of fused-ring (bicyclic) bond motifs is 1. The van der Waals surface area contributed by atoms with Gasteiger partial charge >= 0.3 is 5.69 Å². The third kappa shape index (κ3) is 2.84. The zero-order valence-corrected chi connectivity index (χ0v) is 13.0. The number of aromatic nitrogens is 1. The molecule has 1 fully saturated rings. The number of benzene rings is 1. The molecule has 0 radical (unpaired) electrons. The molecular weight excluding hydrogens is 336 g/mol. The third-order valence-electron chi connectivity index (χ3n) is 3.64. The van der Waals surface area contributed by atoms with Crippen molar-refractivity contribution in [2.75, 3.05) is 31.1 Å². The van der Waals surface area contributed by atoms with Gasteiger partial charge in [0.2, 0.25) is 0 Å². The molecule has 7 heteroatoms. The Morgan fingerprint density at radius 2 is 2.19 bits per heavy atom. The van der Waals surface area contributed by atoms with Gasteiger partial charge in [-0.25, -0.2) is 4.98 Å². The average Bonchev–Trinajstić information content (AvgIpc) is 2.74. The molecule has 0 amide bonds. The molecule has 6 nitrogen and oxygen atoms in total. The number of anilines is 1. The number of nitrogens with one attached hydrogen (secondary N) is 1. The second kappa shape index (κ2) is 5.95. The van der Waals surface area contributed by atoms with Crippen LogP contribution < -0.4 is 10.2 Å². The fourth-order valence-corrected chi connectivity index (χ4v) is 3.04. The standard InChI is InChI=1S/C14H15BrN4O2/c15-10-2-3-12-11(8-10)14(13(9-17-12)19(20)21)18-6-1-4-16-5-7-18/h2-3,8-9,16H,1,4-7H2. The van der Waals surface area contributed by atoms with E-state index in [-0.39, 0.29) is 10.6 Å². The highest BCUT2D eigenvalue weighted by molar-refractivity contribution is 9.10. The van der Waals surface area contributed by atoms with E-state index in [0.29, 0.717) is 5.69 Å². The zero-order valence-electron chi connectivity index (χ0n) is 11.4. The van der Waals surface area contributed by atoms with Crippen LogP contribution in [0.5, 0.6) is 0 Å². The van der Waals surface area contributed by atoms with E-state index in [1.165, 1.54) is 6.20 Å². The minimum absolute atomic E-state index is 0.0718. The summed E-state index contributed by atoms with van der Waals surface area (Å²) >= 11 is 3.44. The molecule has 1 aliphatic rings. The van der Waals surface area contributed by atoms with Gasteiger partial charge in [-0.05, 0) is 31.2 Å².